The van der Waals surface area contributed by atoms with E-state index in [4.69, 9.17) is 22.1 Å². The Hall–Kier alpha value is -1.26. The number of rotatable bonds is 4. The van der Waals surface area contributed by atoms with E-state index in [0.717, 1.165) is 17.7 Å². The summed E-state index contributed by atoms with van der Waals surface area (Å²) in [4.78, 5) is 5.60. The van der Waals surface area contributed by atoms with Gasteiger partial charge in [-0.05, 0) is 23.6 Å². The van der Waals surface area contributed by atoms with Crippen molar-refractivity contribution in [1.29, 1.82) is 0 Å². The molecule has 0 radical (unpaired) electrons. The van der Waals surface area contributed by atoms with E-state index < -0.39 is 0 Å². The summed E-state index contributed by atoms with van der Waals surface area (Å²) < 4.78 is 5.15. The molecule has 0 bridgehead atoms. The molecular weight excluding hydrogens is 280 g/mol. The van der Waals surface area contributed by atoms with Crippen LogP contribution in [0.15, 0.2) is 18.2 Å². The van der Waals surface area contributed by atoms with Gasteiger partial charge in [-0.3, -0.25) is 0 Å². The molecule has 2 rings (SSSR count). The Bertz CT molecular complexity index is 581. The van der Waals surface area contributed by atoms with E-state index in [0.29, 0.717) is 21.8 Å². The van der Waals surface area contributed by atoms with E-state index in [-0.39, 0.29) is 0 Å². The topological polar surface area (TPSA) is 48.1 Å². The number of hydrogen-bond acceptors (Lipinski definition) is 4. The highest BCUT2D eigenvalue weighted by molar-refractivity contribution is 7.15. The first-order valence-electron chi connectivity index (χ1n) is 6.08. The fourth-order valence-corrected chi connectivity index (χ4v) is 3.27. The Morgan fingerprint density at radius 1 is 1.42 bits per heavy atom. The molecule has 0 atom stereocenters. The highest BCUT2D eigenvalue weighted by Crippen LogP contribution is 2.31. The Morgan fingerprint density at radius 2 is 2.16 bits per heavy atom. The van der Waals surface area contributed by atoms with Crippen molar-refractivity contribution in [3.63, 3.8) is 0 Å². The first-order valence-corrected chi connectivity index (χ1v) is 7.28. The quantitative estimate of drug-likeness (QED) is 0.924. The third kappa shape index (κ3) is 3.19. The van der Waals surface area contributed by atoms with E-state index in [9.17, 15) is 0 Å². The molecule has 0 saturated heterocycles. The molecule has 0 spiro atoms. The van der Waals surface area contributed by atoms with Gasteiger partial charge in [0, 0.05) is 11.3 Å². The van der Waals surface area contributed by atoms with Crippen LogP contribution in [0.2, 0.25) is 5.02 Å². The fraction of sp³-hybridized carbons (Fsp3) is 0.357. The zero-order valence-corrected chi connectivity index (χ0v) is 12.8. The molecule has 0 saturated carbocycles. The predicted molar refractivity (Wildman–Crippen MR) is 81.4 cm³/mol. The first-order chi connectivity index (χ1) is 9.01. The first kappa shape index (κ1) is 14.2. The number of hydrogen-bond donors (Lipinski definition) is 1. The fourth-order valence-electron chi connectivity index (χ4n) is 1.97. The monoisotopic (exact) mass is 296 g/mol. The molecule has 1 aromatic heterocycles. The SMILES string of the molecule is COc1ccc(Cc2sc(N)nc2C(C)C)cc1Cl. The van der Waals surface area contributed by atoms with E-state index >= 15 is 0 Å². The van der Waals surface area contributed by atoms with Gasteiger partial charge in [-0.15, -0.1) is 11.3 Å². The third-order valence-corrected chi connectivity index (χ3v) is 4.07. The molecule has 1 aromatic carbocycles. The summed E-state index contributed by atoms with van der Waals surface area (Å²) >= 11 is 7.69. The van der Waals surface area contributed by atoms with Gasteiger partial charge in [0.25, 0.3) is 0 Å². The Morgan fingerprint density at radius 3 is 2.74 bits per heavy atom. The van der Waals surface area contributed by atoms with E-state index in [1.807, 2.05) is 18.2 Å². The van der Waals surface area contributed by atoms with Crippen molar-refractivity contribution in [3.05, 3.63) is 39.4 Å². The lowest BCUT2D eigenvalue weighted by atomic mass is 10.0. The van der Waals surface area contributed by atoms with Crippen molar-refractivity contribution in [1.82, 2.24) is 4.98 Å². The number of benzene rings is 1. The Kier molecular flexibility index (Phi) is 4.32. The van der Waals surface area contributed by atoms with Crippen LogP contribution in [0.25, 0.3) is 0 Å². The van der Waals surface area contributed by atoms with Gasteiger partial charge in [-0.2, -0.15) is 0 Å². The summed E-state index contributed by atoms with van der Waals surface area (Å²) in [5.74, 6) is 1.07. The predicted octanol–water partition coefficient (Wildman–Crippen LogP) is 4.10. The van der Waals surface area contributed by atoms with Gasteiger partial charge >= 0.3 is 0 Å². The van der Waals surface area contributed by atoms with Crippen molar-refractivity contribution in [2.45, 2.75) is 26.2 Å². The van der Waals surface area contributed by atoms with Crippen LogP contribution in [0.1, 0.15) is 35.9 Å². The largest absolute Gasteiger partial charge is 0.495 e. The van der Waals surface area contributed by atoms with Gasteiger partial charge < -0.3 is 10.5 Å². The smallest absolute Gasteiger partial charge is 0.180 e. The summed E-state index contributed by atoms with van der Waals surface area (Å²) in [5, 5.41) is 1.25. The number of nitrogens with zero attached hydrogens (tertiary/aromatic N) is 1. The maximum atomic E-state index is 6.14. The molecule has 0 aliphatic rings. The zero-order chi connectivity index (χ0) is 14.0. The van der Waals surface area contributed by atoms with Crippen LogP contribution in [0.3, 0.4) is 0 Å². The number of aromatic nitrogens is 1. The molecule has 2 N–H and O–H groups in total. The summed E-state index contributed by atoms with van der Waals surface area (Å²) in [6, 6.07) is 5.84. The lowest BCUT2D eigenvalue weighted by Gasteiger charge is -2.07. The second-order valence-corrected chi connectivity index (χ2v) is 6.18. The van der Waals surface area contributed by atoms with Crippen LogP contribution in [0.5, 0.6) is 5.75 Å². The molecule has 0 aliphatic carbocycles. The number of ether oxygens (including phenoxy) is 1. The van der Waals surface area contributed by atoms with Crippen LogP contribution in [0, 0.1) is 0 Å². The summed E-state index contributed by atoms with van der Waals surface area (Å²) in [7, 11) is 1.61. The van der Waals surface area contributed by atoms with Gasteiger partial charge in [-0.25, -0.2) is 4.98 Å². The molecule has 0 aliphatic heterocycles. The molecule has 3 nitrogen and oxygen atoms in total. The number of thiazole rings is 1. The van der Waals surface area contributed by atoms with Crippen molar-refractivity contribution < 1.29 is 4.74 Å². The van der Waals surface area contributed by atoms with Gasteiger partial charge in [0.05, 0.1) is 17.8 Å². The number of nitrogen functional groups attached to an aromatic ring is 1. The lowest BCUT2D eigenvalue weighted by molar-refractivity contribution is 0.415. The van der Waals surface area contributed by atoms with E-state index in [1.54, 1.807) is 18.4 Å². The van der Waals surface area contributed by atoms with Crippen molar-refractivity contribution in [2.75, 3.05) is 12.8 Å². The molecule has 5 heteroatoms. The Labute approximate surface area is 122 Å². The molecule has 0 fully saturated rings. The van der Waals surface area contributed by atoms with Crippen LogP contribution < -0.4 is 10.5 Å². The number of methoxy groups -OCH3 is 1. The minimum atomic E-state index is 0.372. The minimum absolute atomic E-state index is 0.372. The average Bonchev–Trinajstić information content (AvgIpc) is 2.70. The molecular formula is C14H17ClN2OS. The second kappa shape index (κ2) is 5.80. The summed E-state index contributed by atoms with van der Waals surface area (Å²) in [5.41, 5.74) is 8.02. The number of nitrogens with two attached hydrogens (primary N) is 1. The minimum Gasteiger partial charge on any atom is -0.495 e. The average molecular weight is 297 g/mol. The Balaban J connectivity index is 2.28. The summed E-state index contributed by atoms with van der Waals surface area (Å²) in [6.07, 6.45) is 0.798. The molecule has 0 amide bonds. The summed E-state index contributed by atoms with van der Waals surface area (Å²) in [6.45, 7) is 4.25. The highest BCUT2D eigenvalue weighted by Gasteiger charge is 2.14. The maximum absolute atomic E-state index is 6.14. The van der Waals surface area contributed by atoms with Gasteiger partial charge in [0.2, 0.25) is 0 Å². The molecule has 19 heavy (non-hydrogen) atoms. The van der Waals surface area contributed by atoms with E-state index in [2.05, 4.69) is 18.8 Å². The third-order valence-electron chi connectivity index (χ3n) is 2.87. The molecule has 1 heterocycles. The standard InChI is InChI=1S/C14H17ClN2OS/c1-8(2)13-12(19-14(16)17-13)7-9-4-5-11(18-3)10(15)6-9/h4-6,8H,7H2,1-3H3,(H2,16,17). The van der Waals surface area contributed by atoms with Crippen LogP contribution >= 0.6 is 22.9 Å². The molecule has 102 valence electrons. The lowest BCUT2D eigenvalue weighted by Crippen LogP contribution is -1.96. The van der Waals surface area contributed by atoms with Gasteiger partial charge in [-0.1, -0.05) is 31.5 Å². The second-order valence-electron chi connectivity index (χ2n) is 4.66. The zero-order valence-electron chi connectivity index (χ0n) is 11.2. The number of anilines is 1. The van der Waals surface area contributed by atoms with Crippen LogP contribution in [-0.4, -0.2) is 12.1 Å². The van der Waals surface area contributed by atoms with Gasteiger partial charge in [0.1, 0.15) is 5.75 Å². The van der Waals surface area contributed by atoms with Crippen LogP contribution in [0.4, 0.5) is 5.13 Å². The number of halogens is 1. The maximum Gasteiger partial charge on any atom is 0.180 e. The molecule has 2 aromatic rings. The van der Waals surface area contributed by atoms with Crippen LogP contribution in [-0.2, 0) is 6.42 Å². The van der Waals surface area contributed by atoms with E-state index in [1.165, 1.54) is 4.88 Å². The highest BCUT2D eigenvalue weighted by atomic mass is 35.5. The normalized spacial score (nSPS) is 11.0. The van der Waals surface area contributed by atoms with Crippen molar-refractivity contribution >= 4 is 28.1 Å². The molecule has 0 unspecified atom stereocenters. The van der Waals surface area contributed by atoms with Crippen molar-refractivity contribution in [2.24, 2.45) is 0 Å². The van der Waals surface area contributed by atoms with Gasteiger partial charge in [0.15, 0.2) is 5.13 Å². The van der Waals surface area contributed by atoms with Crippen molar-refractivity contribution in [3.8, 4) is 5.75 Å².